The molecule has 0 aliphatic heterocycles. The molecule has 0 atom stereocenters. The van der Waals surface area contributed by atoms with Gasteiger partial charge in [0.05, 0.1) is 12.2 Å². The Labute approximate surface area is 194 Å². The lowest BCUT2D eigenvalue weighted by molar-refractivity contribution is 0.0528. The van der Waals surface area contributed by atoms with Crippen LogP contribution in [0.1, 0.15) is 40.9 Å². The van der Waals surface area contributed by atoms with E-state index >= 15 is 0 Å². The molecule has 0 unspecified atom stereocenters. The topological polar surface area (TPSA) is 91.0 Å². The van der Waals surface area contributed by atoms with Gasteiger partial charge in [0, 0.05) is 33.1 Å². The molecular formula is C22H23ClN4O2S2. The summed E-state index contributed by atoms with van der Waals surface area (Å²) in [5, 5.41) is 2.00. The van der Waals surface area contributed by atoms with E-state index in [1.54, 1.807) is 36.7 Å². The van der Waals surface area contributed by atoms with E-state index in [9.17, 15) is 4.79 Å². The van der Waals surface area contributed by atoms with Gasteiger partial charge in [-0.15, -0.1) is 22.7 Å². The molecule has 6 nitrogen and oxygen atoms in total. The number of halogens is 1. The van der Waals surface area contributed by atoms with Gasteiger partial charge in [0.25, 0.3) is 0 Å². The van der Waals surface area contributed by atoms with Gasteiger partial charge in [-0.05, 0) is 44.0 Å². The number of aryl methyl sites for hydroxylation is 2. The zero-order valence-corrected chi connectivity index (χ0v) is 19.9. The van der Waals surface area contributed by atoms with Crippen molar-refractivity contribution in [1.82, 2.24) is 15.0 Å². The average Bonchev–Trinajstić information content (AvgIpc) is 3.38. The fourth-order valence-corrected chi connectivity index (χ4v) is 4.84. The molecule has 0 aromatic carbocycles. The summed E-state index contributed by atoms with van der Waals surface area (Å²) in [5.41, 5.74) is 7.05. The predicted octanol–water partition coefficient (Wildman–Crippen LogP) is 6.04. The van der Waals surface area contributed by atoms with Crippen LogP contribution in [0, 0.1) is 0 Å². The summed E-state index contributed by atoms with van der Waals surface area (Å²) in [4.78, 5) is 27.6. The first kappa shape index (κ1) is 23.1. The number of esters is 1. The van der Waals surface area contributed by atoms with E-state index < -0.39 is 0 Å². The molecular weight excluding hydrogens is 452 g/mol. The summed E-state index contributed by atoms with van der Waals surface area (Å²) in [5.74, 6) is 0.307. The van der Waals surface area contributed by atoms with E-state index in [1.807, 2.05) is 19.1 Å². The number of nitrogens with two attached hydrogens (primary N) is 1. The number of fused-ring (bicyclic) bond motifs is 1. The lowest BCUT2D eigenvalue weighted by Gasteiger charge is -2.00. The minimum atomic E-state index is -0.323. The first-order chi connectivity index (χ1) is 15.0. The number of hydrogen-bond acceptors (Lipinski definition) is 8. The Bertz CT molecular complexity index is 1180. The van der Waals surface area contributed by atoms with E-state index in [1.165, 1.54) is 16.2 Å². The molecule has 4 rings (SSSR count). The number of hydrogen-bond donors (Lipinski definition) is 1. The largest absolute Gasteiger partial charge is 0.462 e. The normalized spacial score (nSPS) is 10.6. The Balaban J connectivity index is 0.000000187. The van der Waals surface area contributed by atoms with Crippen molar-refractivity contribution in [3.63, 3.8) is 0 Å². The molecule has 2 N–H and O–H groups in total. The molecule has 0 radical (unpaired) electrons. The molecule has 31 heavy (non-hydrogen) atoms. The van der Waals surface area contributed by atoms with Crippen molar-refractivity contribution in [2.24, 2.45) is 0 Å². The zero-order valence-electron chi connectivity index (χ0n) is 17.5. The number of carbonyl (C=O) groups is 1. The van der Waals surface area contributed by atoms with Gasteiger partial charge in [0.2, 0.25) is 0 Å². The Morgan fingerprint density at radius 3 is 2.48 bits per heavy atom. The molecule has 4 aromatic rings. The van der Waals surface area contributed by atoms with Gasteiger partial charge in [-0.1, -0.05) is 25.4 Å². The number of anilines is 1. The summed E-state index contributed by atoms with van der Waals surface area (Å²) in [6.07, 6.45) is 5.35. The number of thiophene rings is 2. The highest BCUT2D eigenvalue weighted by atomic mass is 35.5. The summed E-state index contributed by atoms with van der Waals surface area (Å²) in [7, 11) is 0. The molecule has 0 saturated carbocycles. The van der Waals surface area contributed by atoms with Crippen LogP contribution in [-0.4, -0.2) is 27.5 Å². The molecule has 162 valence electrons. The van der Waals surface area contributed by atoms with E-state index in [0.717, 1.165) is 33.5 Å². The second kappa shape index (κ2) is 10.7. The van der Waals surface area contributed by atoms with E-state index in [0.29, 0.717) is 28.1 Å². The predicted molar refractivity (Wildman–Crippen MR) is 129 cm³/mol. The van der Waals surface area contributed by atoms with Crippen molar-refractivity contribution in [3.8, 4) is 11.4 Å². The molecule has 0 saturated heterocycles. The molecule has 0 fully saturated rings. The number of aromatic nitrogens is 3. The molecule has 0 aliphatic carbocycles. The Kier molecular flexibility index (Phi) is 7.95. The highest BCUT2D eigenvalue weighted by molar-refractivity contribution is 7.18. The number of rotatable bonds is 5. The number of nitrogen functional groups attached to an aromatic ring is 1. The quantitative estimate of drug-likeness (QED) is 0.280. The highest BCUT2D eigenvalue weighted by Crippen LogP contribution is 2.31. The van der Waals surface area contributed by atoms with Crippen LogP contribution in [0.25, 0.3) is 21.6 Å². The third kappa shape index (κ3) is 5.58. The van der Waals surface area contributed by atoms with Crippen molar-refractivity contribution in [3.05, 3.63) is 57.1 Å². The van der Waals surface area contributed by atoms with Crippen LogP contribution in [0.5, 0.6) is 0 Å². The number of ether oxygens (including phenoxy) is 1. The summed E-state index contributed by atoms with van der Waals surface area (Å²) in [6.45, 7) is 6.31. The maximum absolute atomic E-state index is 11.3. The Hall–Kier alpha value is -2.55. The number of carbonyl (C=O) groups excluding carboxylic acids is 1. The molecule has 9 heteroatoms. The van der Waals surface area contributed by atoms with Crippen LogP contribution in [-0.2, 0) is 17.6 Å². The smallest absolute Gasteiger partial charge is 0.341 e. The van der Waals surface area contributed by atoms with Crippen molar-refractivity contribution in [2.75, 3.05) is 12.3 Å². The number of nitrogens with zero attached hydrogens (tertiary/aromatic N) is 3. The highest BCUT2D eigenvalue weighted by Gasteiger charge is 2.14. The minimum absolute atomic E-state index is 0.323. The lowest BCUT2D eigenvalue weighted by Crippen LogP contribution is -2.05. The van der Waals surface area contributed by atoms with E-state index in [2.05, 4.69) is 27.9 Å². The molecule has 4 heterocycles. The van der Waals surface area contributed by atoms with E-state index in [-0.39, 0.29) is 5.97 Å². The third-order valence-corrected chi connectivity index (χ3v) is 6.89. The van der Waals surface area contributed by atoms with Gasteiger partial charge in [-0.3, -0.25) is 4.98 Å². The van der Waals surface area contributed by atoms with Gasteiger partial charge in [-0.25, -0.2) is 14.8 Å². The van der Waals surface area contributed by atoms with Crippen molar-refractivity contribution in [1.29, 1.82) is 0 Å². The van der Waals surface area contributed by atoms with Crippen LogP contribution < -0.4 is 5.73 Å². The maximum atomic E-state index is 11.3. The summed E-state index contributed by atoms with van der Waals surface area (Å²) in [6, 6.07) is 7.66. The third-order valence-electron chi connectivity index (χ3n) is 4.32. The van der Waals surface area contributed by atoms with Crippen LogP contribution in [0.15, 0.2) is 36.7 Å². The van der Waals surface area contributed by atoms with Crippen LogP contribution in [0.4, 0.5) is 5.00 Å². The Morgan fingerprint density at radius 2 is 1.87 bits per heavy atom. The van der Waals surface area contributed by atoms with Gasteiger partial charge in [-0.2, -0.15) is 0 Å². The van der Waals surface area contributed by atoms with Crippen LogP contribution >= 0.6 is 34.3 Å². The fourth-order valence-electron chi connectivity index (χ4n) is 2.74. The second-order valence-corrected chi connectivity index (χ2v) is 9.07. The van der Waals surface area contributed by atoms with Gasteiger partial charge < -0.3 is 10.5 Å². The Morgan fingerprint density at radius 1 is 1.13 bits per heavy atom. The summed E-state index contributed by atoms with van der Waals surface area (Å²) >= 11 is 9.33. The van der Waals surface area contributed by atoms with Crippen molar-refractivity contribution < 1.29 is 9.53 Å². The molecule has 0 bridgehead atoms. The monoisotopic (exact) mass is 474 g/mol. The first-order valence-electron chi connectivity index (χ1n) is 9.88. The van der Waals surface area contributed by atoms with Crippen LogP contribution in [0.3, 0.4) is 0 Å². The van der Waals surface area contributed by atoms with Gasteiger partial charge in [0.1, 0.15) is 15.0 Å². The van der Waals surface area contributed by atoms with Crippen LogP contribution in [0.2, 0.25) is 5.15 Å². The lowest BCUT2D eigenvalue weighted by atomic mass is 10.2. The average molecular weight is 475 g/mol. The zero-order chi connectivity index (χ0) is 22.4. The SMILES string of the molecule is CCOC(=O)c1cc(CC)sc1N.CCc1cc2c(Cl)nc(-c3cccnc3)nc2s1. The van der Waals surface area contributed by atoms with Gasteiger partial charge in [0.15, 0.2) is 5.82 Å². The van der Waals surface area contributed by atoms with Crippen molar-refractivity contribution >= 4 is 55.5 Å². The molecule has 0 aliphatic rings. The maximum Gasteiger partial charge on any atom is 0.341 e. The van der Waals surface area contributed by atoms with Gasteiger partial charge >= 0.3 is 5.97 Å². The molecule has 4 aromatic heterocycles. The fraction of sp³-hybridized carbons (Fsp3) is 0.273. The summed E-state index contributed by atoms with van der Waals surface area (Å²) < 4.78 is 4.85. The molecule has 0 amide bonds. The van der Waals surface area contributed by atoms with E-state index in [4.69, 9.17) is 22.1 Å². The first-order valence-corrected chi connectivity index (χ1v) is 11.9. The number of pyridine rings is 1. The second-order valence-electron chi connectivity index (χ2n) is 6.43. The van der Waals surface area contributed by atoms with Crippen molar-refractivity contribution in [2.45, 2.75) is 33.6 Å². The minimum Gasteiger partial charge on any atom is -0.462 e. The molecule has 0 spiro atoms. The standard InChI is InChI=1S/C13H10ClN3S.C9H13NO2S/c1-2-9-6-10-11(14)16-12(17-13(10)18-9)8-4-3-5-15-7-8;1-3-6-5-7(8(10)13-6)9(11)12-4-2/h3-7H,2H2,1H3;5H,3-4,10H2,1-2H3.